The SMILES string of the molecule is c1ccc(CNCCN2CC3CCCC3C2)nc1. The van der Waals surface area contributed by atoms with Gasteiger partial charge >= 0.3 is 0 Å². The fourth-order valence-corrected chi connectivity index (χ4v) is 3.47. The summed E-state index contributed by atoms with van der Waals surface area (Å²) in [6, 6.07) is 6.09. The van der Waals surface area contributed by atoms with Crippen molar-refractivity contribution in [3.8, 4) is 0 Å². The van der Waals surface area contributed by atoms with E-state index in [9.17, 15) is 0 Å². The van der Waals surface area contributed by atoms with Crippen molar-refractivity contribution in [3.63, 3.8) is 0 Å². The van der Waals surface area contributed by atoms with Gasteiger partial charge in [-0.15, -0.1) is 0 Å². The molecule has 0 amide bonds. The Labute approximate surface area is 110 Å². The van der Waals surface area contributed by atoms with Crippen LogP contribution in [0.4, 0.5) is 0 Å². The van der Waals surface area contributed by atoms with Gasteiger partial charge in [0, 0.05) is 38.9 Å². The van der Waals surface area contributed by atoms with Gasteiger partial charge in [-0.1, -0.05) is 12.5 Å². The van der Waals surface area contributed by atoms with Crippen molar-refractivity contribution < 1.29 is 0 Å². The Kier molecular flexibility index (Phi) is 3.91. The molecule has 3 rings (SSSR count). The van der Waals surface area contributed by atoms with Gasteiger partial charge in [0.25, 0.3) is 0 Å². The van der Waals surface area contributed by atoms with E-state index in [-0.39, 0.29) is 0 Å². The van der Waals surface area contributed by atoms with E-state index in [2.05, 4.69) is 21.3 Å². The molecule has 1 N–H and O–H groups in total. The van der Waals surface area contributed by atoms with Crippen LogP contribution in [-0.4, -0.2) is 36.1 Å². The van der Waals surface area contributed by atoms with Crippen LogP contribution in [0.5, 0.6) is 0 Å². The molecule has 2 unspecified atom stereocenters. The highest BCUT2D eigenvalue weighted by Crippen LogP contribution is 2.37. The summed E-state index contributed by atoms with van der Waals surface area (Å²) in [6.45, 7) is 5.85. The highest BCUT2D eigenvalue weighted by atomic mass is 15.2. The van der Waals surface area contributed by atoms with E-state index in [1.807, 2.05) is 18.3 Å². The van der Waals surface area contributed by atoms with Gasteiger partial charge in [0.05, 0.1) is 5.69 Å². The van der Waals surface area contributed by atoms with Gasteiger partial charge in [0.2, 0.25) is 0 Å². The summed E-state index contributed by atoms with van der Waals surface area (Å²) >= 11 is 0. The summed E-state index contributed by atoms with van der Waals surface area (Å²) in [7, 11) is 0. The zero-order chi connectivity index (χ0) is 12.2. The Morgan fingerprint density at radius 2 is 2.06 bits per heavy atom. The molecule has 2 fully saturated rings. The van der Waals surface area contributed by atoms with Crippen molar-refractivity contribution in [1.82, 2.24) is 15.2 Å². The van der Waals surface area contributed by atoms with Gasteiger partial charge in [-0.2, -0.15) is 0 Å². The quantitative estimate of drug-likeness (QED) is 0.803. The average Bonchev–Trinajstić information content (AvgIpc) is 2.96. The Bertz CT molecular complexity index is 353. The first kappa shape index (κ1) is 12.1. The third-order valence-electron chi connectivity index (χ3n) is 4.44. The molecule has 1 saturated carbocycles. The molecule has 0 spiro atoms. The second kappa shape index (κ2) is 5.81. The normalized spacial score (nSPS) is 27.6. The van der Waals surface area contributed by atoms with Gasteiger partial charge in [0.15, 0.2) is 0 Å². The van der Waals surface area contributed by atoms with Gasteiger partial charge in [0.1, 0.15) is 0 Å². The maximum Gasteiger partial charge on any atom is 0.0541 e. The van der Waals surface area contributed by atoms with E-state index >= 15 is 0 Å². The predicted molar refractivity (Wildman–Crippen MR) is 73.2 cm³/mol. The summed E-state index contributed by atoms with van der Waals surface area (Å²) < 4.78 is 0. The highest BCUT2D eigenvalue weighted by Gasteiger charge is 2.35. The van der Waals surface area contributed by atoms with Crippen molar-refractivity contribution in [3.05, 3.63) is 30.1 Å². The molecule has 2 aliphatic rings. The standard InChI is InChI=1S/C15H23N3/c1-2-7-17-15(6-1)10-16-8-9-18-11-13-4-3-5-14(13)12-18/h1-2,6-7,13-14,16H,3-5,8-12H2. The molecule has 0 bridgehead atoms. The van der Waals surface area contributed by atoms with Crippen LogP contribution < -0.4 is 5.32 Å². The highest BCUT2D eigenvalue weighted by molar-refractivity contribution is 5.02. The van der Waals surface area contributed by atoms with Crippen molar-refractivity contribution in [2.24, 2.45) is 11.8 Å². The van der Waals surface area contributed by atoms with Gasteiger partial charge in [-0.05, 0) is 36.8 Å². The van der Waals surface area contributed by atoms with E-state index in [4.69, 9.17) is 0 Å². The van der Waals surface area contributed by atoms with Crippen LogP contribution in [0, 0.1) is 11.8 Å². The molecule has 1 aromatic rings. The molecule has 3 nitrogen and oxygen atoms in total. The summed E-state index contributed by atoms with van der Waals surface area (Å²) in [6.07, 6.45) is 6.28. The third-order valence-corrected chi connectivity index (χ3v) is 4.44. The van der Waals surface area contributed by atoms with Crippen LogP contribution in [-0.2, 0) is 6.54 Å². The monoisotopic (exact) mass is 245 g/mol. The van der Waals surface area contributed by atoms with Crippen LogP contribution in [0.15, 0.2) is 24.4 Å². The number of hydrogen-bond donors (Lipinski definition) is 1. The fourth-order valence-electron chi connectivity index (χ4n) is 3.47. The molecular formula is C15H23N3. The smallest absolute Gasteiger partial charge is 0.0541 e. The van der Waals surface area contributed by atoms with Gasteiger partial charge in [-0.25, -0.2) is 0 Å². The van der Waals surface area contributed by atoms with E-state index < -0.39 is 0 Å². The lowest BCUT2D eigenvalue weighted by atomic mass is 10.0. The van der Waals surface area contributed by atoms with E-state index in [1.54, 1.807) is 0 Å². The third kappa shape index (κ3) is 2.90. The molecule has 1 aliphatic carbocycles. The lowest BCUT2D eigenvalue weighted by Crippen LogP contribution is -2.31. The maximum absolute atomic E-state index is 4.32. The first-order valence-electron chi connectivity index (χ1n) is 7.25. The summed E-state index contributed by atoms with van der Waals surface area (Å²) in [4.78, 5) is 6.96. The number of aromatic nitrogens is 1. The Morgan fingerprint density at radius 3 is 2.78 bits per heavy atom. The molecule has 2 atom stereocenters. The number of hydrogen-bond acceptors (Lipinski definition) is 3. The van der Waals surface area contributed by atoms with Gasteiger partial charge < -0.3 is 10.2 Å². The van der Waals surface area contributed by atoms with Crippen molar-refractivity contribution in [2.75, 3.05) is 26.2 Å². The number of rotatable bonds is 5. The number of nitrogens with one attached hydrogen (secondary N) is 1. The minimum Gasteiger partial charge on any atom is -0.310 e. The number of likely N-dealkylation sites (tertiary alicyclic amines) is 1. The van der Waals surface area contributed by atoms with E-state index in [1.165, 1.54) is 38.9 Å². The van der Waals surface area contributed by atoms with Crippen molar-refractivity contribution in [1.29, 1.82) is 0 Å². The first-order valence-corrected chi connectivity index (χ1v) is 7.25. The lowest BCUT2D eigenvalue weighted by Gasteiger charge is -2.16. The minimum atomic E-state index is 0.890. The molecule has 0 aromatic carbocycles. The molecular weight excluding hydrogens is 222 g/mol. The molecule has 1 aliphatic heterocycles. The van der Waals surface area contributed by atoms with Gasteiger partial charge in [-0.3, -0.25) is 4.98 Å². The Morgan fingerprint density at radius 1 is 1.22 bits per heavy atom. The molecule has 1 aromatic heterocycles. The maximum atomic E-state index is 4.32. The largest absolute Gasteiger partial charge is 0.310 e. The number of nitrogens with zero attached hydrogens (tertiary/aromatic N) is 2. The Hall–Kier alpha value is -0.930. The molecule has 1 saturated heterocycles. The van der Waals surface area contributed by atoms with E-state index in [0.717, 1.165) is 30.6 Å². The van der Waals surface area contributed by atoms with Crippen LogP contribution in [0.1, 0.15) is 25.0 Å². The predicted octanol–water partition coefficient (Wildman–Crippen LogP) is 1.90. The van der Waals surface area contributed by atoms with Crippen LogP contribution in [0.3, 0.4) is 0 Å². The van der Waals surface area contributed by atoms with Crippen LogP contribution in [0.25, 0.3) is 0 Å². The zero-order valence-electron chi connectivity index (χ0n) is 11.0. The zero-order valence-corrected chi connectivity index (χ0v) is 11.0. The lowest BCUT2D eigenvalue weighted by molar-refractivity contribution is 0.309. The minimum absolute atomic E-state index is 0.890. The molecule has 0 radical (unpaired) electrons. The second-order valence-electron chi connectivity index (χ2n) is 5.71. The van der Waals surface area contributed by atoms with Crippen LogP contribution in [0.2, 0.25) is 0 Å². The number of fused-ring (bicyclic) bond motifs is 1. The Balaban J connectivity index is 1.34. The second-order valence-corrected chi connectivity index (χ2v) is 5.71. The summed E-state index contributed by atoms with van der Waals surface area (Å²) in [5, 5.41) is 3.49. The first-order chi connectivity index (χ1) is 8.92. The summed E-state index contributed by atoms with van der Waals surface area (Å²) in [5.41, 5.74) is 1.13. The number of pyridine rings is 1. The molecule has 18 heavy (non-hydrogen) atoms. The molecule has 3 heteroatoms. The average molecular weight is 245 g/mol. The van der Waals surface area contributed by atoms with Crippen molar-refractivity contribution in [2.45, 2.75) is 25.8 Å². The topological polar surface area (TPSA) is 28.2 Å². The van der Waals surface area contributed by atoms with Crippen molar-refractivity contribution >= 4 is 0 Å². The molecule has 98 valence electrons. The van der Waals surface area contributed by atoms with Crippen LogP contribution >= 0.6 is 0 Å². The van der Waals surface area contributed by atoms with E-state index in [0.29, 0.717) is 0 Å². The molecule has 2 heterocycles. The fraction of sp³-hybridized carbons (Fsp3) is 0.667. The summed E-state index contributed by atoms with van der Waals surface area (Å²) in [5.74, 6) is 2.03.